The van der Waals surface area contributed by atoms with Crippen LogP contribution in [0, 0.1) is 0 Å². The molecule has 159 valence electrons. The number of ketones is 1. The molecule has 1 aromatic carbocycles. The lowest BCUT2D eigenvalue weighted by Gasteiger charge is -2.10. The van der Waals surface area contributed by atoms with Crippen LogP contribution in [0.3, 0.4) is 0 Å². The molecular weight excluding hydrogens is 368 g/mol. The van der Waals surface area contributed by atoms with Crippen molar-refractivity contribution in [2.24, 2.45) is 0 Å². The van der Waals surface area contributed by atoms with Gasteiger partial charge < -0.3 is 0 Å². The lowest BCUT2D eigenvalue weighted by molar-refractivity contribution is -0.306. The standard InChI is InChI=1S/C7H5O.C5H10O.C4H6O4.C4H10O2/c8-6-7-4-2-1-3-5-7;1-3-5(6)4-2;1-3(5)7-8-4(2)6;1-4(2,3)6-5/h1-5H;3-4H2,1-2H3;1-2H3;5H,1-3H3. The summed E-state index contributed by atoms with van der Waals surface area (Å²) in [6, 6.07) is 8.90. The van der Waals surface area contributed by atoms with Gasteiger partial charge in [-0.2, -0.15) is 0 Å². The van der Waals surface area contributed by atoms with Crippen LogP contribution in [0.4, 0.5) is 0 Å². The second-order valence-electron chi connectivity index (χ2n) is 6.07. The van der Waals surface area contributed by atoms with E-state index in [9.17, 15) is 19.2 Å². The van der Waals surface area contributed by atoms with Gasteiger partial charge in [-0.05, 0) is 20.8 Å². The first-order valence-electron chi connectivity index (χ1n) is 8.56. The van der Waals surface area contributed by atoms with Crippen LogP contribution in [0.25, 0.3) is 0 Å². The SMILES string of the molecule is CC(=O)OOC(C)=O.CC(C)(C)OO.CCC(=O)CC.O=[C]c1ccccc1. The minimum Gasteiger partial charge on any atom is -0.300 e. The first-order valence-corrected chi connectivity index (χ1v) is 8.56. The summed E-state index contributed by atoms with van der Waals surface area (Å²) in [6.45, 7) is 11.4. The van der Waals surface area contributed by atoms with Crippen molar-refractivity contribution in [3.8, 4) is 0 Å². The molecule has 0 heterocycles. The van der Waals surface area contributed by atoms with Crippen LogP contribution in [0.15, 0.2) is 30.3 Å². The highest BCUT2D eigenvalue weighted by Crippen LogP contribution is 2.01. The van der Waals surface area contributed by atoms with Crippen molar-refractivity contribution >= 4 is 24.0 Å². The van der Waals surface area contributed by atoms with Crippen LogP contribution in [0.2, 0.25) is 0 Å². The normalized spacial score (nSPS) is 9.00. The molecular formula is C20H31O8. The second-order valence-corrected chi connectivity index (χ2v) is 6.07. The van der Waals surface area contributed by atoms with Crippen molar-refractivity contribution < 1.29 is 39.1 Å². The number of carbonyl (C=O) groups is 3. The molecule has 0 unspecified atom stereocenters. The average molecular weight is 399 g/mol. The van der Waals surface area contributed by atoms with Crippen LogP contribution in [-0.2, 0) is 33.8 Å². The highest BCUT2D eigenvalue weighted by atomic mass is 17.2. The number of hydrogen-bond acceptors (Lipinski definition) is 8. The molecule has 1 aromatic rings. The molecule has 1 N–H and O–H groups in total. The van der Waals surface area contributed by atoms with Crippen LogP contribution >= 0.6 is 0 Å². The Morgan fingerprint density at radius 1 is 0.929 bits per heavy atom. The van der Waals surface area contributed by atoms with Gasteiger partial charge in [0.1, 0.15) is 5.78 Å². The van der Waals surface area contributed by atoms with E-state index in [1.54, 1.807) is 51.3 Å². The molecule has 0 saturated carbocycles. The molecule has 8 heteroatoms. The minimum atomic E-state index is -0.639. The van der Waals surface area contributed by atoms with E-state index in [2.05, 4.69) is 14.7 Å². The Kier molecular flexibility index (Phi) is 20.7. The van der Waals surface area contributed by atoms with Crippen molar-refractivity contribution in [1.29, 1.82) is 0 Å². The molecule has 0 spiro atoms. The van der Waals surface area contributed by atoms with Crippen molar-refractivity contribution in [3.05, 3.63) is 35.9 Å². The maximum Gasteiger partial charge on any atom is 0.352 e. The van der Waals surface area contributed by atoms with Crippen molar-refractivity contribution in [2.45, 2.75) is 66.9 Å². The van der Waals surface area contributed by atoms with Crippen LogP contribution < -0.4 is 0 Å². The van der Waals surface area contributed by atoms with Crippen molar-refractivity contribution in [3.63, 3.8) is 0 Å². The number of hydrogen-bond donors (Lipinski definition) is 1. The lowest BCUT2D eigenvalue weighted by Crippen LogP contribution is -2.15. The molecule has 0 aliphatic heterocycles. The third-order valence-electron chi connectivity index (χ3n) is 2.23. The molecule has 1 radical (unpaired) electrons. The van der Waals surface area contributed by atoms with E-state index < -0.39 is 17.5 Å². The Labute approximate surface area is 166 Å². The Morgan fingerprint density at radius 3 is 1.43 bits per heavy atom. The average Bonchev–Trinajstić information content (AvgIpc) is 2.67. The molecule has 1 rings (SSSR count). The summed E-state index contributed by atoms with van der Waals surface area (Å²) in [5, 5.41) is 7.90. The van der Waals surface area contributed by atoms with Crippen molar-refractivity contribution in [2.75, 3.05) is 0 Å². The summed E-state index contributed by atoms with van der Waals surface area (Å²) >= 11 is 0. The van der Waals surface area contributed by atoms with E-state index in [1.807, 2.05) is 19.9 Å². The molecule has 0 aliphatic rings. The number of benzene rings is 1. The van der Waals surface area contributed by atoms with Gasteiger partial charge in [0.05, 0.1) is 5.60 Å². The molecule has 0 aromatic heterocycles. The predicted octanol–water partition coefficient (Wildman–Crippen LogP) is 3.82. The van der Waals surface area contributed by atoms with Gasteiger partial charge in [-0.15, -0.1) is 0 Å². The molecule has 0 atom stereocenters. The first kappa shape index (κ1) is 30.2. The van der Waals surface area contributed by atoms with Gasteiger partial charge in [0.2, 0.25) is 6.29 Å². The van der Waals surface area contributed by atoms with Gasteiger partial charge in [-0.25, -0.2) is 24.3 Å². The lowest BCUT2D eigenvalue weighted by atomic mass is 10.2. The molecule has 0 aliphatic carbocycles. The third kappa shape index (κ3) is 31.2. The molecule has 0 amide bonds. The number of rotatable bonds is 3. The number of Topliss-reactive ketones (excluding diaryl/α,β-unsaturated/α-hetero) is 1. The summed E-state index contributed by atoms with van der Waals surface area (Å²) < 4.78 is 0. The summed E-state index contributed by atoms with van der Waals surface area (Å²) in [6.07, 6.45) is 3.16. The Balaban J connectivity index is -0.000000301. The first-order chi connectivity index (χ1) is 12.9. The Hall–Kier alpha value is -2.58. The van der Waals surface area contributed by atoms with E-state index in [1.165, 1.54) is 0 Å². The van der Waals surface area contributed by atoms with Gasteiger partial charge in [0.15, 0.2) is 0 Å². The molecule has 0 saturated heterocycles. The molecule has 28 heavy (non-hydrogen) atoms. The van der Waals surface area contributed by atoms with Crippen LogP contribution in [-0.4, -0.2) is 34.9 Å². The fourth-order valence-corrected chi connectivity index (χ4v) is 0.874. The van der Waals surface area contributed by atoms with E-state index in [4.69, 9.17) is 5.26 Å². The van der Waals surface area contributed by atoms with Gasteiger partial charge in [-0.3, -0.25) is 14.8 Å². The largest absolute Gasteiger partial charge is 0.352 e. The third-order valence-corrected chi connectivity index (χ3v) is 2.23. The summed E-state index contributed by atoms with van der Waals surface area (Å²) in [5.41, 5.74) is 0.201. The predicted molar refractivity (Wildman–Crippen MR) is 104 cm³/mol. The maximum atomic E-state index is 10.2. The van der Waals surface area contributed by atoms with Gasteiger partial charge in [-0.1, -0.05) is 44.2 Å². The minimum absolute atomic E-state index is 0.343. The van der Waals surface area contributed by atoms with E-state index in [0.717, 1.165) is 13.8 Å². The second kappa shape index (κ2) is 19.2. The Bertz CT molecular complexity index is 527. The zero-order valence-electron chi connectivity index (χ0n) is 17.6. The summed E-state index contributed by atoms with van der Waals surface area (Å²) in [5.74, 6) is -0.935. The molecule has 0 bridgehead atoms. The fourth-order valence-electron chi connectivity index (χ4n) is 0.874. The zero-order valence-corrected chi connectivity index (χ0v) is 17.6. The summed E-state index contributed by atoms with van der Waals surface area (Å²) in [4.78, 5) is 51.3. The van der Waals surface area contributed by atoms with E-state index >= 15 is 0 Å². The zero-order chi connectivity index (χ0) is 22.6. The van der Waals surface area contributed by atoms with Crippen molar-refractivity contribution in [1.82, 2.24) is 0 Å². The highest BCUT2D eigenvalue weighted by molar-refractivity contribution is 5.77. The van der Waals surface area contributed by atoms with Gasteiger partial charge in [0, 0.05) is 32.3 Å². The van der Waals surface area contributed by atoms with Crippen LogP contribution in [0.1, 0.15) is 66.9 Å². The highest BCUT2D eigenvalue weighted by Gasteiger charge is 2.07. The summed E-state index contributed by atoms with van der Waals surface area (Å²) in [7, 11) is 0. The monoisotopic (exact) mass is 399 g/mol. The molecule has 0 fully saturated rings. The maximum absolute atomic E-state index is 10.2. The van der Waals surface area contributed by atoms with E-state index in [0.29, 0.717) is 24.2 Å². The smallest absolute Gasteiger partial charge is 0.300 e. The van der Waals surface area contributed by atoms with Gasteiger partial charge in [0.25, 0.3) is 0 Å². The van der Waals surface area contributed by atoms with Crippen LogP contribution in [0.5, 0.6) is 0 Å². The fraction of sp³-hybridized carbons (Fsp3) is 0.500. The van der Waals surface area contributed by atoms with Gasteiger partial charge >= 0.3 is 11.9 Å². The topological polar surface area (TPSA) is 116 Å². The number of carbonyl (C=O) groups excluding carboxylic acids is 4. The Morgan fingerprint density at radius 2 is 1.29 bits per heavy atom. The molecule has 8 nitrogen and oxygen atoms in total. The van der Waals surface area contributed by atoms with E-state index in [-0.39, 0.29) is 0 Å². The quantitative estimate of drug-likeness (QED) is 0.602.